The SMILES string of the molecule is Cc1c(Br)c([N+](=O)[O-])nn1Cc1ccccc1F. The molecule has 18 heavy (non-hydrogen) atoms. The minimum absolute atomic E-state index is 0.158. The summed E-state index contributed by atoms with van der Waals surface area (Å²) in [6, 6.07) is 6.27. The second-order valence-electron chi connectivity index (χ2n) is 3.73. The molecule has 0 N–H and O–H groups in total. The maximum Gasteiger partial charge on any atom is 0.404 e. The highest BCUT2D eigenvalue weighted by Gasteiger charge is 2.23. The Morgan fingerprint density at radius 1 is 1.50 bits per heavy atom. The molecule has 94 valence electrons. The van der Waals surface area contributed by atoms with Gasteiger partial charge in [0.15, 0.2) is 0 Å². The average molecular weight is 314 g/mol. The van der Waals surface area contributed by atoms with Crippen LogP contribution >= 0.6 is 15.9 Å². The van der Waals surface area contributed by atoms with E-state index in [9.17, 15) is 14.5 Å². The second kappa shape index (κ2) is 4.85. The van der Waals surface area contributed by atoms with Gasteiger partial charge in [0, 0.05) is 5.56 Å². The third-order valence-corrected chi connectivity index (χ3v) is 3.50. The van der Waals surface area contributed by atoms with Crippen molar-refractivity contribution in [3.05, 3.63) is 55.9 Å². The van der Waals surface area contributed by atoms with Crippen molar-refractivity contribution in [3.8, 4) is 0 Å². The van der Waals surface area contributed by atoms with Crippen LogP contribution < -0.4 is 0 Å². The molecule has 1 aromatic carbocycles. The summed E-state index contributed by atoms with van der Waals surface area (Å²) >= 11 is 3.11. The Morgan fingerprint density at radius 3 is 2.72 bits per heavy atom. The predicted molar refractivity (Wildman–Crippen MR) is 66.8 cm³/mol. The summed E-state index contributed by atoms with van der Waals surface area (Å²) in [7, 11) is 0. The zero-order chi connectivity index (χ0) is 13.3. The van der Waals surface area contributed by atoms with Gasteiger partial charge in [-0.2, -0.15) is 4.68 Å². The lowest BCUT2D eigenvalue weighted by Crippen LogP contribution is -2.05. The molecule has 0 aliphatic heterocycles. The van der Waals surface area contributed by atoms with Crippen molar-refractivity contribution in [3.63, 3.8) is 0 Å². The zero-order valence-electron chi connectivity index (χ0n) is 9.43. The largest absolute Gasteiger partial charge is 0.404 e. The van der Waals surface area contributed by atoms with Crippen LogP contribution in [0.4, 0.5) is 10.2 Å². The summed E-state index contributed by atoms with van der Waals surface area (Å²) < 4.78 is 15.2. The van der Waals surface area contributed by atoms with Gasteiger partial charge >= 0.3 is 5.82 Å². The molecular formula is C11H9BrFN3O2. The first kappa shape index (κ1) is 12.7. The molecule has 2 aromatic rings. The molecule has 0 amide bonds. The molecule has 0 aliphatic rings. The van der Waals surface area contributed by atoms with Gasteiger partial charge in [-0.1, -0.05) is 18.2 Å². The lowest BCUT2D eigenvalue weighted by atomic mass is 10.2. The fourth-order valence-corrected chi connectivity index (χ4v) is 2.00. The Bertz CT molecular complexity index is 612. The standard InChI is InChI=1S/C11H9BrFN3O2/c1-7-10(12)11(16(17)18)14-15(7)6-8-4-2-3-5-9(8)13/h2-5H,6H2,1H3. The highest BCUT2D eigenvalue weighted by molar-refractivity contribution is 9.10. The van der Waals surface area contributed by atoms with Crippen LogP contribution in [0.15, 0.2) is 28.7 Å². The van der Waals surface area contributed by atoms with Crippen molar-refractivity contribution >= 4 is 21.7 Å². The van der Waals surface area contributed by atoms with E-state index in [1.165, 1.54) is 10.7 Å². The monoisotopic (exact) mass is 313 g/mol. The van der Waals surface area contributed by atoms with E-state index in [4.69, 9.17) is 0 Å². The van der Waals surface area contributed by atoms with Crippen LogP contribution in [0.3, 0.4) is 0 Å². The Morgan fingerprint density at radius 2 is 2.17 bits per heavy atom. The number of halogens is 2. The first-order valence-corrected chi connectivity index (χ1v) is 5.90. The van der Waals surface area contributed by atoms with E-state index >= 15 is 0 Å². The average Bonchev–Trinajstić information content (AvgIpc) is 2.60. The molecule has 0 unspecified atom stereocenters. The number of hydrogen-bond donors (Lipinski definition) is 0. The second-order valence-corrected chi connectivity index (χ2v) is 4.52. The molecule has 0 saturated carbocycles. The quantitative estimate of drug-likeness (QED) is 0.646. The van der Waals surface area contributed by atoms with Crippen molar-refractivity contribution in [1.82, 2.24) is 9.78 Å². The predicted octanol–water partition coefficient (Wildman–Crippen LogP) is 3.05. The molecule has 2 rings (SSSR count). The maximum atomic E-state index is 13.5. The van der Waals surface area contributed by atoms with Gasteiger partial charge < -0.3 is 10.1 Å². The highest BCUT2D eigenvalue weighted by atomic mass is 79.9. The van der Waals surface area contributed by atoms with E-state index in [2.05, 4.69) is 21.0 Å². The van der Waals surface area contributed by atoms with Crippen molar-refractivity contribution in [1.29, 1.82) is 0 Å². The van der Waals surface area contributed by atoms with Gasteiger partial charge in [0.2, 0.25) is 0 Å². The highest BCUT2D eigenvalue weighted by Crippen LogP contribution is 2.27. The van der Waals surface area contributed by atoms with Crippen molar-refractivity contribution < 1.29 is 9.31 Å². The molecule has 0 radical (unpaired) electrons. The lowest BCUT2D eigenvalue weighted by molar-refractivity contribution is -0.390. The molecule has 0 saturated heterocycles. The lowest BCUT2D eigenvalue weighted by Gasteiger charge is -2.01. The van der Waals surface area contributed by atoms with E-state index in [1.54, 1.807) is 25.1 Å². The Labute approximate surface area is 111 Å². The Balaban J connectivity index is 2.39. The molecule has 1 heterocycles. The summed E-state index contributed by atoms with van der Waals surface area (Å²) in [6.45, 7) is 1.84. The van der Waals surface area contributed by atoms with E-state index in [1.807, 2.05) is 0 Å². The van der Waals surface area contributed by atoms with Crippen molar-refractivity contribution in [2.24, 2.45) is 0 Å². The molecule has 5 nitrogen and oxygen atoms in total. The zero-order valence-corrected chi connectivity index (χ0v) is 11.0. The normalized spacial score (nSPS) is 10.6. The van der Waals surface area contributed by atoms with Crippen LogP contribution in [0.2, 0.25) is 0 Å². The number of nitrogens with zero attached hydrogens (tertiary/aromatic N) is 3. The van der Waals surface area contributed by atoms with E-state index in [0.717, 1.165) is 0 Å². The van der Waals surface area contributed by atoms with Crippen LogP contribution in [0.1, 0.15) is 11.3 Å². The fourth-order valence-electron chi connectivity index (χ4n) is 1.57. The number of benzene rings is 1. The van der Waals surface area contributed by atoms with Crippen LogP contribution in [-0.4, -0.2) is 14.7 Å². The molecule has 7 heteroatoms. The number of aromatic nitrogens is 2. The van der Waals surface area contributed by atoms with E-state index in [-0.39, 0.29) is 18.2 Å². The summed E-state index contributed by atoms with van der Waals surface area (Å²) in [5.41, 5.74) is 1.02. The molecular weight excluding hydrogens is 305 g/mol. The van der Waals surface area contributed by atoms with Gasteiger partial charge in [-0.25, -0.2) is 4.39 Å². The van der Waals surface area contributed by atoms with Crippen molar-refractivity contribution in [2.45, 2.75) is 13.5 Å². The topological polar surface area (TPSA) is 61.0 Å². The molecule has 0 bridgehead atoms. The van der Waals surface area contributed by atoms with E-state index in [0.29, 0.717) is 15.7 Å². The summed E-state index contributed by atoms with van der Waals surface area (Å²) in [6.07, 6.45) is 0. The smallest absolute Gasteiger partial charge is 0.358 e. The fraction of sp³-hybridized carbons (Fsp3) is 0.182. The van der Waals surface area contributed by atoms with Crippen LogP contribution in [0.5, 0.6) is 0 Å². The summed E-state index contributed by atoms with van der Waals surface area (Å²) in [5, 5.41) is 14.6. The van der Waals surface area contributed by atoms with Gasteiger partial charge in [-0.15, -0.1) is 0 Å². The minimum atomic E-state index is -0.574. The molecule has 0 aliphatic carbocycles. The van der Waals surface area contributed by atoms with Crippen LogP contribution in [0, 0.1) is 22.9 Å². The molecule has 0 fully saturated rings. The Hall–Kier alpha value is -1.76. The first-order valence-electron chi connectivity index (χ1n) is 5.11. The summed E-state index contributed by atoms with van der Waals surface area (Å²) in [4.78, 5) is 10.2. The van der Waals surface area contributed by atoms with Crippen LogP contribution in [-0.2, 0) is 6.54 Å². The van der Waals surface area contributed by atoms with Gasteiger partial charge in [0.1, 0.15) is 10.3 Å². The van der Waals surface area contributed by atoms with E-state index < -0.39 is 4.92 Å². The number of rotatable bonds is 3. The van der Waals surface area contributed by atoms with Gasteiger partial charge in [0.05, 0.1) is 17.3 Å². The Kier molecular flexibility index (Phi) is 3.42. The van der Waals surface area contributed by atoms with Gasteiger partial charge in [-0.3, -0.25) is 0 Å². The third-order valence-electron chi connectivity index (χ3n) is 2.57. The van der Waals surface area contributed by atoms with Gasteiger partial charge in [-0.05, 0) is 33.8 Å². The summed E-state index contributed by atoms with van der Waals surface area (Å²) in [5.74, 6) is -0.616. The first-order chi connectivity index (χ1) is 8.50. The minimum Gasteiger partial charge on any atom is -0.358 e. The molecule has 0 spiro atoms. The molecule has 1 aromatic heterocycles. The third kappa shape index (κ3) is 2.26. The van der Waals surface area contributed by atoms with Crippen molar-refractivity contribution in [2.75, 3.05) is 0 Å². The van der Waals surface area contributed by atoms with Crippen LogP contribution in [0.25, 0.3) is 0 Å². The number of nitro groups is 1. The maximum absolute atomic E-state index is 13.5. The number of hydrogen-bond acceptors (Lipinski definition) is 3. The van der Waals surface area contributed by atoms with Gasteiger partial charge in [0.25, 0.3) is 0 Å². The molecule has 0 atom stereocenters.